The number of hydrogen-bond donors (Lipinski definition) is 1. The molecule has 1 atom stereocenters. The monoisotopic (exact) mass is 211 g/mol. The minimum atomic E-state index is -4.28. The van der Waals surface area contributed by atoms with E-state index in [-0.39, 0.29) is 6.42 Å². The van der Waals surface area contributed by atoms with Gasteiger partial charge >= 0.3 is 6.18 Å². The summed E-state index contributed by atoms with van der Waals surface area (Å²) in [5, 5.41) is 0. The summed E-state index contributed by atoms with van der Waals surface area (Å²) in [6.45, 7) is 3.13. The third-order valence-corrected chi connectivity index (χ3v) is 2.45. The van der Waals surface area contributed by atoms with Crippen molar-refractivity contribution in [3.63, 3.8) is 0 Å². The van der Waals surface area contributed by atoms with Gasteiger partial charge in [0.15, 0.2) is 0 Å². The van der Waals surface area contributed by atoms with Crippen molar-refractivity contribution in [2.75, 3.05) is 0 Å². The molecule has 0 fully saturated rings. The zero-order chi connectivity index (χ0) is 11.2. The molecule has 0 aromatic heterocycles. The number of nitrogens with two attached hydrogens (primary N) is 1. The maximum atomic E-state index is 12.3. The van der Waals surface area contributed by atoms with Crippen molar-refractivity contribution in [1.29, 1.82) is 0 Å². The standard InChI is InChI=1S/C10H20F3N/c1-3-4-5-6-7-8-9(2,14)10(11,12)13/h3-8,14H2,1-2H3. The lowest BCUT2D eigenvalue weighted by Crippen LogP contribution is -2.50. The quantitative estimate of drug-likeness (QED) is 0.667. The zero-order valence-electron chi connectivity index (χ0n) is 8.95. The summed E-state index contributed by atoms with van der Waals surface area (Å²) >= 11 is 0. The highest BCUT2D eigenvalue weighted by Crippen LogP contribution is 2.31. The topological polar surface area (TPSA) is 26.0 Å². The van der Waals surface area contributed by atoms with Crippen LogP contribution >= 0.6 is 0 Å². The Hall–Kier alpha value is -0.250. The van der Waals surface area contributed by atoms with Crippen LogP contribution in [-0.4, -0.2) is 11.7 Å². The second-order valence-electron chi connectivity index (χ2n) is 4.08. The number of hydrogen-bond acceptors (Lipinski definition) is 1. The Labute approximate surface area is 83.9 Å². The number of unbranched alkanes of at least 4 members (excludes halogenated alkanes) is 4. The maximum absolute atomic E-state index is 12.3. The van der Waals surface area contributed by atoms with Gasteiger partial charge < -0.3 is 5.73 Å². The van der Waals surface area contributed by atoms with Gasteiger partial charge in [-0.15, -0.1) is 0 Å². The molecule has 1 nitrogen and oxygen atoms in total. The molecule has 0 aromatic carbocycles. The fraction of sp³-hybridized carbons (Fsp3) is 1.00. The van der Waals surface area contributed by atoms with Gasteiger partial charge in [0, 0.05) is 0 Å². The summed E-state index contributed by atoms with van der Waals surface area (Å²) in [6, 6.07) is 0. The minimum Gasteiger partial charge on any atom is -0.318 e. The van der Waals surface area contributed by atoms with Crippen LogP contribution in [0.5, 0.6) is 0 Å². The first-order valence-electron chi connectivity index (χ1n) is 5.17. The Bertz CT molecular complexity index is 152. The molecule has 0 spiro atoms. The van der Waals surface area contributed by atoms with Gasteiger partial charge in [0.05, 0.1) is 0 Å². The van der Waals surface area contributed by atoms with E-state index in [0.717, 1.165) is 32.6 Å². The Balaban J connectivity index is 3.67. The normalized spacial score (nSPS) is 16.7. The van der Waals surface area contributed by atoms with Gasteiger partial charge in [-0.05, 0) is 13.3 Å². The predicted octanol–water partition coefficient (Wildman–Crippen LogP) is 3.63. The summed E-state index contributed by atoms with van der Waals surface area (Å²) < 4.78 is 36.9. The first-order chi connectivity index (χ1) is 6.31. The molecule has 0 aliphatic carbocycles. The van der Waals surface area contributed by atoms with Crippen LogP contribution in [0.15, 0.2) is 0 Å². The van der Waals surface area contributed by atoms with E-state index in [4.69, 9.17) is 5.73 Å². The summed E-state index contributed by atoms with van der Waals surface area (Å²) in [4.78, 5) is 0. The van der Waals surface area contributed by atoms with Crippen molar-refractivity contribution in [2.24, 2.45) is 5.73 Å². The van der Waals surface area contributed by atoms with E-state index in [0.29, 0.717) is 6.42 Å². The van der Waals surface area contributed by atoms with Gasteiger partial charge in [-0.1, -0.05) is 39.0 Å². The lowest BCUT2D eigenvalue weighted by molar-refractivity contribution is -0.182. The van der Waals surface area contributed by atoms with E-state index in [1.807, 2.05) is 0 Å². The van der Waals surface area contributed by atoms with Crippen LogP contribution in [0.25, 0.3) is 0 Å². The first-order valence-corrected chi connectivity index (χ1v) is 5.17. The minimum absolute atomic E-state index is 0.0280. The highest BCUT2D eigenvalue weighted by Gasteiger charge is 2.47. The van der Waals surface area contributed by atoms with E-state index in [1.54, 1.807) is 0 Å². The second-order valence-corrected chi connectivity index (χ2v) is 4.08. The third kappa shape index (κ3) is 4.84. The fourth-order valence-electron chi connectivity index (χ4n) is 1.24. The summed E-state index contributed by atoms with van der Waals surface area (Å²) in [5.74, 6) is 0. The average Bonchev–Trinajstić information content (AvgIpc) is 2.02. The molecule has 0 rings (SSSR count). The van der Waals surface area contributed by atoms with E-state index in [9.17, 15) is 13.2 Å². The predicted molar refractivity (Wildman–Crippen MR) is 52.0 cm³/mol. The molecule has 0 amide bonds. The molecule has 0 saturated heterocycles. The number of alkyl halides is 3. The van der Waals surface area contributed by atoms with Crippen molar-refractivity contribution in [1.82, 2.24) is 0 Å². The van der Waals surface area contributed by atoms with Gasteiger partial charge in [0.2, 0.25) is 0 Å². The van der Waals surface area contributed by atoms with Crippen LogP contribution in [0.4, 0.5) is 13.2 Å². The van der Waals surface area contributed by atoms with Crippen LogP contribution in [0.1, 0.15) is 52.4 Å². The molecule has 0 saturated carbocycles. The lowest BCUT2D eigenvalue weighted by atomic mass is 9.94. The van der Waals surface area contributed by atoms with Crippen LogP contribution in [-0.2, 0) is 0 Å². The van der Waals surface area contributed by atoms with Crippen LogP contribution < -0.4 is 5.73 Å². The lowest BCUT2D eigenvalue weighted by Gasteiger charge is -2.27. The molecule has 14 heavy (non-hydrogen) atoms. The molecule has 0 aliphatic rings. The molecular formula is C10H20F3N. The van der Waals surface area contributed by atoms with Crippen molar-refractivity contribution in [3.05, 3.63) is 0 Å². The van der Waals surface area contributed by atoms with E-state index in [1.165, 1.54) is 0 Å². The van der Waals surface area contributed by atoms with Gasteiger partial charge in [-0.3, -0.25) is 0 Å². The third-order valence-electron chi connectivity index (χ3n) is 2.45. The maximum Gasteiger partial charge on any atom is 0.406 e. The van der Waals surface area contributed by atoms with Gasteiger partial charge in [0.25, 0.3) is 0 Å². The average molecular weight is 211 g/mol. The Morgan fingerprint density at radius 1 is 1.00 bits per heavy atom. The second kappa shape index (κ2) is 5.59. The molecule has 0 aliphatic heterocycles. The Kier molecular flexibility index (Phi) is 5.49. The van der Waals surface area contributed by atoms with Crippen molar-refractivity contribution >= 4 is 0 Å². The molecule has 0 aromatic rings. The molecular weight excluding hydrogens is 191 g/mol. The Morgan fingerprint density at radius 3 is 1.93 bits per heavy atom. The zero-order valence-corrected chi connectivity index (χ0v) is 8.95. The van der Waals surface area contributed by atoms with E-state index in [2.05, 4.69) is 6.92 Å². The van der Waals surface area contributed by atoms with E-state index < -0.39 is 11.7 Å². The number of rotatable bonds is 6. The molecule has 2 N–H and O–H groups in total. The van der Waals surface area contributed by atoms with Crippen LogP contribution in [0, 0.1) is 0 Å². The molecule has 0 bridgehead atoms. The Morgan fingerprint density at radius 2 is 1.50 bits per heavy atom. The van der Waals surface area contributed by atoms with Crippen molar-refractivity contribution < 1.29 is 13.2 Å². The largest absolute Gasteiger partial charge is 0.406 e. The van der Waals surface area contributed by atoms with Crippen LogP contribution in [0.3, 0.4) is 0 Å². The summed E-state index contributed by atoms with van der Waals surface area (Å²) in [6.07, 6.45) is 0.345. The molecule has 1 unspecified atom stereocenters. The highest BCUT2D eigenvalue weighted by molar-refractivity contribution is 4.86. The van der Waals surface area contributed by atoms with Gasteiger partial charge in [-0.2, -0.15) is 13.2 Å². The molecule has 0 heterocycles. The van der Waals surface area contributed by atoms with E-state index >= 15 is 0 Å². The van der Waals surface area contributed by atoms with Crippen molar-refractivity contribution in [3.8, 4) is 0 Å². The van der Waals surface area contributed by atoms with Crippen molar-refractivity contribution in [2.45, 2.75) is 64.1 Å². The molecule has 86 valence electrons. The van der Waals surface area contributed by atoms with Crippen LogP contribution in [0.2, 0.25) is 0 Å². The first kappa shape index (κ1) is 13.8. The number of halogens is 3. The molecule has 0 radical (unpaired) electrons. The summed E-state index contributed by atoms with van der Waals surface area (Å²) in [5.41, 5.74) is 3.17. The van der Waals surface area contributed by atoms with Gasteiger partial charge in [-0.25, -0.2) is 0 Å². The molecule has 4 heteroatoms. The fourth-order valence-corrected chi connectivity index (χ4v) is 1.24. The smallest absolute Gasteiger partial charge is 0.318 e. The SMILES string of the molecule is CCCCCCCC(C)(N)C(F)(F)F. The highest BCUT2D eigenvalue weighted by atomic mass is 19.4. The summed E-state index contributed by atoms with van der Waals surface area (Å²) in [7, 11) is 0. The van der Waals surface area contributed by atoms with Gasteiger partial charge in [0.1, 0.15) is 5.54 Å².